The van der Waals surface area contributed by atoms with Crippen LogP contribution < -0.4 is 15.6 Å². The van der Waals surface area contributed by atoms with Crippen LogP contribution in [-0.2, 0) is 11.2 Å². The SMILES string of the molecule is CCc1cc(=O)[nH]c(SCC(=O)Nc2ccc(OC)cc2[N+](=O)[O-])n1. The van der Waals surface area contributed by atoms with E-state index >= 15 is 0 Å². The molecule has 1 amide bonds. The summed E-state index contributed by atoms with van der Waals surface area (Å²) in [7, 11) is 1.39. The lowest BCUT2D eigenvalue weighted by atomic mass is 10.2. The maximum absolute atomic E-state index is 12.0. The summed E-state index contributed by atoms with van der Waals surface area (Å²) in [5.74, 6) is -0.195. The molecule has 25 heavy (non-hydrogen) atoms. The van der Waals surface area contributed by atoms with Crippen LogP contribution in [-0.4, -0.2) is 33.7 Å². The van der Waals surface area contributed by atoms with Gasteiger partial charge < -0.3 is 15.0 Å². The van der Waals surface area contributed by atoms with Gasteiger partial charge in [-0.2, -0.15) is 0 Å². The molecule has 2 N–H and O–H groups in total. The third-order valence-corrected chi connectivity index (χ3v) is 4.02. The molecular formula is C15H16N4O5S. The molecule has 0 atom stereocenters. The van der Waals surface area contributed by atoms with Crippen LogP contribution in [0.25, 0.3) is 0 Å². The number of amides is 1. The quantitative estimate of drug-likeness (QED) is 0.333. The van der Waals surface area contributed by atoms with Gasteiger partial charge in [0.15, 0.2) is 5.16 Å². The smallest absolute Gasteiger partial charge is 0.296 e. The van der Waals surface area contributed by atoms with E-state index in [-0.39, 0.29) is 22.7 Å². The Morgan fingerprint density at radius 3 is 2.84 bits per heavy atom. The number of methoxy groups -OCH3 is 1. The molecule has 0 radical (unpaired) electrons. The first-order valence-corrected chi connectivity index (χ1v) is 8.26. The number of nitrogens with one attached hydrogen (secondary N) is 2. The standard InChI is InChI=1S/C15H16N4O5S/c1-3-9-6-13(20)18-15(16-9)25-8-14(21)17-11-5-4-10(24-2)7-12(11)19(22)23/h4-7H,3,8H2,1-2H3,(H,17,21)(H,16,18,20). The van der Waals surface area contributed by atoms with Gasteiger partial charge in [0.25, 0.3) is 11.2 Å². The Hall–Kier alpha value is -2.88. The van der Waals surface area contributed by atoms with Crippen LogP contribution in [0.3, 0.4) is 0 Å². The molecule has 132 valence electrons. The van der Waals surface area contributed by atoms with E-state index in [1.807, 2.05) is 6.92 Å². The van der Waals surface area contributed by atoms with Crippen LogP contribution >= 0.6 is 11.8 Å². The number of H-pyrrole nitrogens is 1. The minimum atomic E-state index is -0.602. The summed E-state index contributed by atoms with van der Waals surface area (Å²) in [6.45, 7) is 1.87. The highest BCUT2D eigenvalue weighted by molar-refractivity contribution is 7.99. The Labute approximate surface area is 147 Å². The number of ether oxygens (including phenoxy) is 1. The van der Waals surface area contributed by atoms with Crippen LogP contribution in [0.1, 0.15) is 12.6 Å². The molecule has 0 unspecified atom stereocenters. The van der Waals surface area contributed by atoms with Crippen molar-refractivity contribution in [2.75, 3.05) is 18.2 Å². The van der Waals surface area contributed by atoms with Crippen molar-refractivity contribution in [3.8, 4) is 5.75 Å². The van der Waals surface area contributed by atoms with Gasteiger partial charge in [-0.1, -0.05) is 18.7 Å². The van der Waals surface area contributed by atoms with Crippen LogP contribution in [0.5, 0.6) is 5.75 Å². The first-order chi connectivity index (χ1) is 11.9. The predicted molar refractivity (Wildman–Crippen MR) is 93.2 cm³/mol. The Morgan fingerprint density at radius 1 is 1.44 bits per heavy atom. The molecule has 0 fully saturated rings. The Balaban J connectivity index is 2.07. The van der Waals surface area contributed by atoms with Crippen LogP contribution in [0.15, 0.2) is 34.2 Å². The number of aromatic nitrogens is 2. The van der Waals surface area contributed by atoms with Gasteiger partial charge in [0, 0.05) is 11.8 Å². The topological polar surface area (TPSA) is 127 Å². The van der Waals surface area contributed by atoms with Gasteiger partial charge in [-0.05, 0) is 18.6 Å². The summed E-state index contributed by atoms with van der Waals surface area (Å²) in [6.07, 6.45) is 0.599. The molecule has 9 nitrogen and oxygen atoms in total. The van der Waals surface area contributed by atoms with E-state index in [0.717, 1.165) is 11.8 Å². The number of hydrogen-bond donors (Lipinski definition) is 2. The number of nitrogens with zero attached hydrogens (tertiary/aromatic N) is 2. The van der Waals surface area contributed by atoms with E-state index in [1.54, 1.807) is 0 Å². The number of carbonyl (C=O) groups is 1. The zero-order valence-electron chi connectivity index (χ0n) is 13.6. The van der Waals surface area contributed by atoms with Crippen molar-refractivity contribution in [2.24, 2.45) is 0 Å². The molecule has 0 spiro atoms. The van der Waals surface area contributed by atoms with E-state index in [0.29, 0.717) is 23.0 Å². The highest BCUT2D eigenvalue weighted by atomic mass is 32.2. The van der Waals surface area contributed by atoms with E-state index in [4.69, 9.17) is 4.74 Å². The number of anilines is 1. The molecule has 0 saturated heterocycles. The first kappa shape index (κ1) is 18.5. The second-order valence-electron chi connectivity index (χ2n) is 4.87. The average molecular weight is 364 g/mol. The number of nitro groups is 1. The van der Waals surface area contributed by atoms with Crippen molar-refractivity contribution in [3.05, 3.63) is 50.4 Å². The summed E-state index contributed by atoms with van der Waals surface area (Å²) < 4.78 is 4.94. The maximum atomic E-state index is 12.0. The molecule has 0 aliphatic heterocycles. The lowest BCUT2D eigenvalue weighted by Gasteiger charge is -2.07. The number of aromatic amines is 1. The van der Waals surface area contributed by atoms with Gasteiger partial charge in [-0.25, -0.2) is 4.98 Å². The van der Waals surface area contributed by atoms with Crippen molar-refractivity contribution in [3.63, 3.8) is 0 Å². The number of nitro benzene ring substituents is 1. The molecule has 1 aromatic heterocycles. The molecule has 1 aromatic carbocycles. The molecular weight excluding hydrogens is 348 g/mol. The third kappa shape index (κ3) is 5.05. The molecule has 0 aliphatic rings. The summed E-state index contributed by atoms with van der Waals surface area (Å²) >= 11 is 1.04. The predicted octanol–water partition coefficient (Wildman–Crippen LogP) is 1.98. The van der Waals surface area contributed by atoms with Gasteiger partial charge in [-0.3, -0.25) is 19.7 Å². The van der Waals surface area contributed by atoms with Crippen molar-refractivity contribution in [1.29, 1.82) is 0 Å². The Kier molecular flexibility index (Phi) is 6.12. The summed E-state index contributed by atoms with van der Waals surface area (Å²) in [5, 5.41) is 13.9. The van der Waals surface area contributed by atoms with E-state index < -0.39 is 10.8 Å². The zero-order valence-corrected chi connectivity index (χ0v) is 14.4. The van der Waals surface area contributed by atoms with Crippen LogP contribution in [0.2, 0.25) is 0 Å². The normalized spacial score (nSPS) is 10.3. The number of aryl methyl sites for hydroxylation is 1. The highest BCUT2D eigenvalue weighted by Gasteiger charge is 2.17. The molecule has 0 saturated carbocycles. The first-order valence-electron chi connectivity index (χ1n) is 7.28. The number of thioether (sulfide) groups is 1. The number of carbonyl (C=O) groups excluding carboxylic acids is 1. The molecule has 0 bridgehead atoms. The maximum Gasteiger partial charge on any atom is 0.296 e. The van der Waals surface area contributed by atoms with Crippen LogP contribution in [0.4, 0.5) is 11.4 Å². The van der Waals surface area contributed by atoms with Crippen LogP contribution in [0, 0.1) is 10.1 Å². The fourth-order valence-corrected chi connectivity index (χ4v) is 2.64. The number of benzene rings is 1. The summed E-state index contributed by atoms with van der Waals surface area (Å²) in [6, 6.07) is 5.54. The summed E-state index contributed by atoms with van der Waals surface area (Å²) in [5.41, 5.74) is 0.135. The fourth-order valence-electron chi connectivity index (χ4n) is 1.95. The second kappa shape index (κ2) is 8.29. The average Bonchev–Trinajstić information content (AvgIpc) is 2.59. The van der Waals surface area contributed by atoms with Crippen molar-refractivity contribution >= 4 is 29.0 Å². The minimum Gasteiger partial charge on any atom is -0.496 e. The van der Waals surface area contributed by atoms with E-state index in [9.17, 15) is 19.7 Å². The minimum absolute atomic E-state index is 0.0563. The van der Waals surface area contributed by atoms with Gasteiger partial charge in [0.05, 0.1) is 23.9 Å². The fraction of sp³-hybridized carbons (Fsp3) is 0.267. The zero-order chi connectivity index (χ0) is 18.4. The molecule has 1 heterocycles. The highest BCUT2D eigenvalue weighted by Crippen LogP contribution is 2.29. The number of hydrogen-bond acceptors (Lipinski definition) is 7. The monoisotopic (exact) mass is 364 g/mol. The largest absolute Gasteiger partial charge is 0.496 e. The van der Waals surface area contributed by atoms with Gasteiger partial charge >= 0.3 is 0 Å². The van der Waals surface area contributed by atoms with Crippen molar-refractivity contribution < 1.29 is 14.5 Å². The lowest BCUT2D eigenvalue weighted by molar-refractivity contribution is -0.384. The van der Waals surface area contributed by atoms with Crippen molar-refractivity contribution in [2.45, 2.75) is 18.5 Å². The molecule has 2 rings (SSSR count). The van der Waals surface area contributed by atoms with E-state index in [2.05, 4.69) is 15.3 Å². The Morgan fingerprint density at radius 2 is 2.20 bits per heavy atom. The third-order valence-electron chi connectivity index (χ3n) is 3.15. The molecule has 10 heteroatoms. The van der Waals surface area contributed by atoms with Gasteiger partial charge in [0.2, 0.25) is 5.91 Å². The van der Waals surface area contributed by atoms with Crippen molar-refractivity contribution in [1.82, 2.24) is 9.97 Å². The van der Waals surface area contributed by atoms with Gasteiger partial charge in [-0.15, -0.1) is 0 Å². The second-order valence-corrected chi connectivity index (χ2v) is 5.84. The molecule has 0 aliphatic carbocycles. The Bertz CT molecular complexity index is 852. The van der Waals surface area contributed by atoms with E-state index in [1.165, 1.54) is 31.4 Å². The molecule has 2 aromatic rings. The summed E-state index contributed by atoms with van der Waals surface area (Å²) in [4.78, 5) is 40.8. The van der Waals surface area contributed by atoms with Gasteiger partial charge in [0.1, 0.15) is 11.4 Å². The lowest BCUT2D eigenvalue weighted by Crippen LogP contribution is -2.16. The number of rotatable bonds is 7.